The third-order valence-electron chi connectivity index (χ3n) is 1.25. The zero-order valence-electron chi connectivity index (χ0n) is 8.00. The Labute approximate surface area is 76.8 Å². The fourth-order valence-electron chi connectivity index (χ4n) is 0.672. The van der Waals surface area contributed by atoms with E-state index in [9.17, 15) is 0 Å². The SMILES string of the molecule is CC(C)(C)NN=C1C(N)=NN=C1N. The molecule has 0 amide bonds. The molecule has 0 aromatic rings. The van der Waals surface area contributed by atoms with E-state index >= 15 is 0 Å². The van der Waals surface area contributed by atoms with Crippen molar-refractivity contribution in [2.45, 2.75) is 26.3 Å². The Morgan fingerprint density at radius 1 is 1.15 bits per heavy atom. The van der Waals surface area contributed by atoms with Gasteiger partial charge in [-0.15, -0.1) is 10.2 Å². The maximum atomic E-state index is 5.48. The van der Waals surface area contributed by atoms with Crippen LogP contribution in [0.25, 0.3) is 0 Å². The van der Waals surface area contributed by atoms with Gasteiger partial charge in [0.1, 0.15) is 0 Å². The second-order valence-electron chi connectivity index (χ2n) is 3.79. The summed E-state index contributed by atoms with van der Waals surface area (Å²) in [4.78, 5) is 0. The first-order valence-electron chi connectivity index (χ1n) is 3.92. The van der Waals surface area contributed by atoms with E-state index < -0.39 is 0 Å². The molecule has 5 N–H and O–H groups in total. The Hall–Kier alpha value is -1.59. The van der Waals surface area contributed by atoms with Gasteiger partial charge in [-0.3, -0.25) is 0 Å². The van der Waals surface area contributed by atoms with Crippen molar-refractivity contribution in [1.82, 2.24) is 5.43 Å². The Balaban J connectivity index is 2.73. The van der Waals surface area contributed by atoms with Crippen LogP contribution < -0.4 is 16.9 Å². The quantitative estimate of drug-likeness (QED) is 0.471. The van der Waals surface area contributed by atoms with E-state index in [4.69, 9.17) is 11.5 Å². The zero-order chi connectivity index (χ0) is 10.1. The molecule has 0 unspecified atom stereocenters. The van der Waals surface area contributed by atoms with E-state index in [1.54, 1.807) is 0 Å². The summed E-state index contributed by atoms with van der Waals surface area (Å²) < 4.78 is 0. The number of hydrazone groups is 1. The standard InChI is InChI=1S/C7H14N6/c1-7(2,3)13-10-4-5(8)11-12-6(4)9/h13H,1-3H3,(H4,8,9,10,11,12). The van der Waals surface area contributed by atoms with Crippen LogP contribution in [0.2, 0.25) is 0 Å². The molecule has 1 aliphatic heterocycles. The van der Waals surface area contributed by atoms with Gasteiger partial charge in [-0.2, -0.15) is 5.10 Å². The van der Waals surface area contributed by atoms with Gasteiger partial charge < -0.3 is 16.9 Å². The molecule has 13 heavy (non-hydrogen) atoms. The summed E-state index contributed by atoms with van der Waals surface area (Å²) in [6, 6.07) is 0. The molecule has 0 bridgehead atoms. The van der Waals surface area contributed by atoms with Crippen molar-refractivity contribution in [3.8, 4) is 0 Å². The van der Waals surface area contributed by atoms with Crippen LogP contribution in [0.4, 0.5) is 0 Å². The summed E-state index contributed by atoms with van der Waals surface area (Å²) in [5, 5.41) is 11.2. The van der Waals surface area contributed by atoms with Crippen molar-refractivity contribution in [3.63, 3.8) is 0 Å². The lowest BCUT2D eigenvalue weighted by Gasteiger charge is -2.17. The molecule has 0 saturated heterocycles. The third kappa shape index (κ3) is 2.43. The lowest BCUT2D eigenvalue weighted by atomic mass is 10.1. The van der Waals surface area contributed by atoms with Gasteiger partial charge in [0.2, 0.25) is 0 Å². The molecule has 0 aromatic carbocycles. The molecule has 0 aromatic heterocycles. The average Bonchev–Trinajstić information content (AvgIpc) is 2.27. The number of nitrogens with two attached hydrogens (primary N) is 2. The first-order chi connectivity index (χ1) is 5.90. The molecule has 0 fully saturated rings. The molecule has 1 heterocycles. The number of rotatable bonds is 1. The van der Waals surface area contributed by atoms with Crippen LogP contribution in [0.15, 0.2) is 15.3 Å². The van der Waals surface area contributed by atoms with Gasteiger partial charge in [-0.25, -0.2) is 0 Å². The van der Waals surface area contributed by atoms with Gasteiger partial charge in [0, 0.05) is 5.54 Å². The molecule has 0 aliphatic carbocycles. The van der Waals surface area contributed by atoms with Crippen molar-refractivity contribution in [3.05, 3.63) is 0 Å². The van der Waals surface area contributed by atoms with Gasteiger partial charge in [0.25, 0.3) is 0 Å². The van der Waals surface area contributed by atoms with E-state index in [0.29, 0.717) is 5.71 Å². The van der Waals surface area contributed by atoms with Crippen LogP contribution in [0, 0.1) is 0 Å². The molecule has 0 atom stereocenters. The van der Waals surface area contributed by atoms with Crippen molar-refractivity contribution < 1.29 is 0 Å². The van der Waals surface area contributed by atoms with E-state index in [0.717, 1.165) is 0 Å². The zero-order valence-corrected chi connectivity index (χ0v) is 8.00. The minimum atomic E-state index is -0.129. The Morgan fingerprint density at radius 3 is 2.00 bits per heavy atom. The summed E-state index contributed by atoms with van der Waals surface area (Å²) in [5.74, 6) is 0.489. The molecule has 1 aliphatic rings. The highest BCUT2D eigenvalue weighted by Crippen LogP contribution is 1.99. The minimum Gasteiger partial charge on any atom is -0.380 e. The maximum Gasteiger partial charge on any atom is 0.177 e. The summed E-state index contributed by atoms with van der Waals surface area (Å²) >= 11 is 0. The molecular weight excluding hydrogens is 168 g/mol. The first kappa shape index (κ1) is 9.50. The van der Waals surface area contributed by atoms with Crippen LogP contribution in [-0.2, 0) is 0 Å². The molecular formula is C7H14N6. The molecule has 0 spiro atoms. The highest BCUT2D eigenvalue weighted by molar-refractivity contribution is 6.68. The minimum absolute atomic E-state index is 0.129. The number of nitrogens with one attached hydrogen (secondary N) is 1. The monoisotopic (exact) mass is 182 g/mol. The van der Waals surface area contributed by atoms with Gasteiger partial charge in [0.15, 0.2) is 17.4 Å². The number of hydrogen-bond donors (Lipinski definition) is 3. The number of hydrogen-bond acceptors (Lipinski definition) is 6. The Bertz CT molecular complexity index is 273. The lowest BCUT2D eigenvalue weighted by Crippen LogP contribution is -2.38. The van der Waals surface area contributed by atoms with Gasteiger partial charge in [-0.1, -0.05) is 0 Å². The van der Waals surface area contributed by atoms with Crippen LogP contribution in [0.1, 0.15) is 20.8 Å². The van der Waals surface area contributed by atoms with Crippen LogP contribution in [0.5, 0.6) is 0 Å². The van der Waals surface area contributed by atoms with Crippen molar-refractivity contribution in [2.24, 2.45) is 26.8 Å². The maximum absolute atomic E-state index is 5.48. The third-order valence-corrected chi connectivity index (χ3v) is 1.25. The van der Waals surface area contributed by atoms with E-state index in [2.05, 4.69) is 20.7 Å². The molecule has 1 rings (SSSR count). The van der Waals surface area contributed by atoms with Crippen molar-refractivity contribution >= 4 is 17.4 Å². The van der Waals surface area contributed by atoms with Gasteiger partial charge >= 0.3 is 0 Å². The fraction of sp³-hybridized carbons (Fsp3) is 0.571. The van der Waals surface area contributed by atoms with Crippen LogP contribution in [0.3, 0.4) is 0 Å². The summed E-state index contributed by atoms with van der Waals surface area (Å²) in [5.41, 5.74) is 14.1. The van der Waals surface area contributed by atoms with Gasteiger partial charge in [0.05, 0.1) is 0 Å². The van der Waals surface area contributed by atoms with Crippen molar-refractivity contribution in [2.75, 3.05) is 0 Å². The molecule has 6 heteroatoms. The average molecular weight is 182 g/mol. The van der Waals surface area contributed by atoms with Crippen molar-refractivity contribution in [1.29, 1.82) is 0 Å². The summed E-state index contributed by atoms with van der Waals surface area (Å²) in [6.45, 7) is 5.94. The largest absolute Gasteiger partial charge is 0.380 e. The summed E-state index contributed by atoms with van der Waals surface area (Å²) in [6.07, 6.45) is 0. The lowest BCUT2D eigenvalue weighted by molar-refractivity contribution is 0.442. The number of nitrogens with zero attached hydrogens (tertiary/aromatic N) is 3. The topological polar surface area (TPSA) is 101 Å². The predicted molar refractivity (Wildman–Crippen MR) is 53.6 cm³/mol. The van der Waals surface area contributed by atoms with Crippen LogP contribution in [-0.4, -0.2) is 22.9 Å². The molecule has 72 valence electrons. The van der Waals surface area contributed by atoms with E-state index in [1.807, 2.05) is 20.8 Å². The Kier molecular flexibility index (Phi) is 2.22. The molecule has 0 saturated carbocycles. The van der Waals surface area contributed by atoms with Gasteiger partial charge in [-0.05, 0) is 20.8 Å². The highest BCUT2D eigenvalue weighted by Gasteiger charge is 2.17. The fourth-order valence-corrected chi connectivity index (χ4v) is 0.672. The second kappa shape index (κ2) is 3.04. The molecule has 6 nitrogen and oxygen atoms in total. The molecule has 0 radical (unpaired) electrons. The van der Waals surface area contributed by atoms with Crippen LogP contribution >= 0.6 is 0 Å². The summed E-state index contributed by atoms with van der Waals surface area (Å²) in [7, 11) is 0. The normalized spacial score (nSPS) is 16.7. The first-order valence-corrected chi connectivity index (χ1v) is 3.92. The van der Waals surface area contributed by atoms with E-state index in [-0.39, 0.29) is 17.2 Å². The number of amidine groups is 2. The smallest absolute Gasteiger partial charge is 0.177 e. The van der Waals surface area contributed by atoms with E-state index in [1.165, 1.54) is 0 Å². The Morgan fingerprint density at radius 2 is 1.62 bits per heavy atom. The second-order valence-corrected chi connectivity index (χ2v) is 3.79. The predicted octanol–water partition coefficient (Wildman–Crippen LogP) is -0.626. The highest BCUT2D eigenvalue weighted by atomic mass is 15.4.